The summed E-state index contributed by atoms with van der Waals surface area (Å²) in [6.07, 6.45) is 0. The smallest absolute Gasteiger partial charge is 0.134 e. The van der Waals surface area contributed by atoms with Crippen LogP contribution in [0, 0.1) is 6.92 Å². The second-order valence-corrected chi connectivity index (χ2v) is 4.05. The fourth-order valence-corrected chi connectivity index (χ4v) is 1.80. The van der Waals surface area contributed by atoms with Crippen molar-refractivity contribution in [1.29, 1.82) is 0 Å². The van der Waals surface area contributed by atoms with Crippen molar-refractivity contribution in [2.45, 2.75) is 13.5 Å². The van der Waals surface area contributed by atoms with Crippen LogP contribution in [0.5, 0.6) is 17.2 Å². The van der Waals surface area contributed by atoms with Crippen molar-refractivity contribution in [1.82, 2.24) is 0 Å². The topological polar surface area (TPSA) is 44.5 Å². The molecule has 0 radical (unpaired) electrons. The third-order valence-corrected chi connectivity index (χ3v) is 2.77. The largest absolute Gasteiger partial charge is 0.497 e. The number of para-hydroxylation sites is 1. The summed E-state index contributed by atoms with van der Waals surface area (Å²) >= 11 is 0. The minimum atomic E-state index is 0.459. The van der Waals surface area contributed by atoms with Crippen LogP contribution >= 0.6 is 0 Å². The summed E-state index contributed by atoms with van der Waals surface area (Å²) < 4.78 is 11.1. The molecule has 94 valence electrons. The quantitative estimate of drug-likeness (QED) is 0.896. The minimum Gasteiger partial charge on any atom is -0.497 e. The molecule has 0 amide bonds. The Balaban J connectivity index is 2.33. The number of ether oxygens (including phenoxy) is 2. The van der Waals surface area contributed by atoms with Crippen LogP contribution in [-0.2, 0) is 6.54 Å². The number of methoxy groups -OCH3 is 1. The van der Waals surface area contributed by atoms with Crippen molar-refractivity contribution in [3.63, 3.8) is 0 Å². The Hall–Kier alpha value is -2.00. The zero-order valence-electron chi connectivity index (χ0n) is 10.6. The van der Waals surface area contributed by atoms with Crippen molar-refractivity contribution in [3.8, 4) is 17.2 Å². The first kappa shape index (κ1) is 12.5. The lowest BCUT2D eigenvalue weighted by Crippen LogP contribution is -2.00. The summed E-state index contributed by atoms with van der Waals surface area (Å²) in [5.74, 6) is 2.35. The van der Waals surface area contributed by atoms with Gasteiger partial charge in [0.25, 0.3) is 0 Å². The molecule has 0 aromatic heterocycles. The van der Waals surface area contributed by atoms with Gasteiger partial charge >= 0.3 is 0 Å². The number of hydrogen-bond donors (Lipinski definition) is 1. The molecule has 0 aliphatic rings. The second kappa shape index (κ2) is 5.56. The maximum absolute atomic E-state index is 5.91. The number of nitrogens with two attached hydrogens (primary N) is 1. The number of rotatable bonds is 4. The maximum atomic E-state index is 5.91. The predicted octanol–water partition coefficient (Wildman–Crippen LogP) is 3.25. The Morgan fingerprint density at radius 1 is 1.06 bits per heavy atom. The van der Waals surface area contributed by atoms with Gasteiger partial charge in [0.1, 0.15) is 17.2 Å². The van der Waals surface area contributed by atoms with Gasteiger partial charge in [0, 0.05) is 18.2 Å². The van der Waals surface area contributed by atoms with Crippen molar-refractivity contribution in [2.75, 3.05) is 7.11 Å². The van der Waals surface area contributed by atoms with E-state index >= 15 is 0 Å². The molecule has 0 spiro atoms. The molecule has 0 bridgehead atoms. The van der Waals surface area contributed by atoms with E-state index in [4.69, 9.17) is 15.2 Å². The third-order valence-electron chi connectivity index (χ3n) is 2.77. The van der Waals surface area contributed by atoms with Gasteiger partial charge in [0.2, 0.25) is 0 Å². The van der Waals surface area contributed by atoms with Crippen LogP contribution in [0.1, 0.15) is 11.1 Å². The molecule has 0 saturated carbocycles. The molecule has 3 heteroatoms. The highest BCUT2D eigenvalue weighted by Gasteiger charge is 2.07. The predicted molar refractivity (Wildman–Crippen MR) is 72.1 cm³/mol. The van der Waals surface area contributed by atoms with Crippen LogP contribution in [-0.4, -0.2) is 7.11 Å². The molecule has 0 aliphatic carbocycles. The molecule has 2 rings (SSSR count). The Morgan fingerprint density at radius 3 is 2.50 bits per heavy atom. The Bertz CT molecular complexity index is 538. The van der Waals surface area contributed by atoms with E-state index in [0.717, 1.165) is 28.4 Å². The third kappa shape index (κ3) is 2.63. The lowest BCUT2D eigenvalue weighted by Gasteiger charge is -2.13. The summed E-state index contributed by atoms with van der Waals surface area (Å²) in [5, 5.41) is 0. The first-order chi connectivity index (χ1) is 8.74. The molecule has 3 nitrogen and oxygen atoms in total. The fraction of sp³-hybridized carbons (Fsp3) is 0.200. The monoisotopic (exact) mass is 243 g/mol. The molecule has 0 unspecified atom stereocenters. The van der Waals surface area contributed by atoms with Gasteiger partial charge in [0.05, 0.1) is 7.11 Å². The molecule has 18 heavy (non-hydrogen) atoms. The molecule has 0 fully saturated rings. The highest BCUT2D eigenvalue weighted by Crippen LogP contribution is 2.30. The maximum Gasteiger partial charge on any atom is 0.134 e. The van der Waals surface area contributed by atoms with Gasteiger partial charge in [-0.15, -0.1) is 0 Å². The van der Waals surface area contributed by atoms with Gasteiger partial charge in [-0.25, -0.2) is 0 Å². The summed E-state index contributed by atoms with van der Waals surface area (Å²) in [5.41, 5.74) is 7.79. The number of hydrogen-bond acceptors (Lipinski definition) is 3. The summed E-state index contributed by atoms with van der Waals surface area (Å²) in [6.45, 7) is 2.47. The SMILES string of the molecule is COc1cccc(Oc2c(C)cccc2CN)c1. The van der Waals surface area contributed by atoms with Crippen molar-refractivity contribution >= 4 is 0 Å². The molecule has 2 aromatic carbocycles. The summed E-state index contributed by atoms with van der Waals surface area (Å²) in [6, 6.07) is 13.5. The van der Waals surface area contributed by atoms with E-state index < -0.39 is 0 Å². The van der Waals surface area contributed by atoms with Crippen LogP contribution in [0.25, 0.3) is 0 Å². The van der Waals surface area contributed by atoms with Crippen LogP contribution in [0.4, 0.5) is 0 Å². The van der Waals surface area contributed by atoms with Gasteiger partial charge < -0.3 is 15.2 Å². The molecule has 0 aliphatic heterocycles. The van der Waals surface area contributed by atoms with Crippen LogP contribution in [0.2, 0.25) is 0 Å². The van der Waals surface area contributed by atoms with Crippen LogP contribution in [0.3, 0.4) is 0 Å². The summed E-state index contributed by atoms with van der Waals surface area (Å²) in [7, 11) is 1.64. The van der Waals surface area contributed by atoms with E-state index in [1.165, 1.54) is 0 Å². The van der Waals surface area contributed by atoms with Gasteiger partial charge in [0.15, 0.2) is 0 Å². The van der Waals surface area contributed by atoms with Crippen molar-refractivity contribution in [2.24, 2.45) is 5.73 Å². The van der Waals surface area contributed by atoms with E-state index in [0.29, 0.717) is 6.54 Å². The first-order valence-electron chi connectivity index (χ1n) is 5.85. The van der Waals surface area contributed by atoms with Gasteiger partial charge in [-0.1, -0.05) is 24.3 Å². The first-order valence-corrected chi connectivity index (χ1v) is 5.85. The van der Waals surface area contributed by atoms with Crippen LogP contribution < -0.4 is 15.2 Å². The highest BCUT2D eigenvalue weighted by molar-refractivity contribution is 5.44. The van der Waals surface area contributed by atoms with Crippen molar-refractivity contribution < 1.29 is 9.47 Å². The molecule has 0 atom stereocenters. The zero-order chi connectivity index (χ0) is 13.0. The second-order valence-electron chi connectivity index (χ2n) is 4.05. The van der Waals surface area contributed by atoms with Crippen LogP contribution in [0.15, 0.2) is 42.5 Å². The molecule has 2 aromatic rings. The minimum absolute atomic E-state index is 0.459. The normalized spacial score (nSPS) is 10.2. The molecular weight excluding hydrogens is 226 g/mol. The lowest BCUT2D eigenvalue weighted by atomic mass is 10.1. The van der Waals surface area contributed by atoms with E-state index in [1.807, 2.05) is 49.4 Å². The Labute approximate surface area is 107 Å². The summed E-state index contributed by atoms with van der Waals surface area (Å²) in [4.78, 5) is 0. The molecular formula is C15H17NO2. The van der Waals surface area contributed by atoms with Gasteiger partial charge in [-0.2, -0.15) is 0 Å². The fourth-order valence-electron chi connectivity index (χ4n) is 1.80. The van der Waals surface area contributed by atoms with E-state index in [-0.39, 0.29) is 0 Å². The average Bonchev–Trinajstić information content (AvgIpc) is 2.41. The highest BCUT2D eigenvalue weighted by atomic mass is 16.5. The molecule has 0 heterocycles. The number of benzene rings is 2. The Kier molecular flexibility index (Phi) is 3.85. The number of aryl methyl sites for hydroxylation is 1. The van der Waals surface area contributed by atoms with E-state index in [1.54, 1.807) is 7.11 Å². The lowest BCUT2D eigenvalue weighted by molar-refractivity contribution is 0.408. The standard InChI is InChI=1S/C15H17NO2/c1-11-5-3-6-12(10-16)15(11)18-14-8-4-7-13(9-14)17-2/h3-9H,10,16H2,1-2H3. The van der Waals surface area contributed by atoms with Gasteiger partial charge in [-0.05, 0) is 24.6 Å². The van der Waals surface area contributed by atoms with Crippen molar-refractivity contribution in [3.05, 3.63) is 53.6 Å². The Morgan fingerprint density at radius 2 is 1.78 bits per heavy atom. The molecule has 2 N–H and O–H groups in total. The molecule has 0 saturated heterocycles. The van der Waals surface area contributed by atoms with E-state index in [2.05, 4.69) is 0 Å². The van der Waals surface area contributed by atoms with Gasteiger partial charge in [-0.3, -0.25) is 0 Å². The van der Waals surface area contributed by atoms with E-state index in [9.17, 15) is 0 Å². The zero-order valence-corrected chi connectivity index (χ0v) is 10.6. The average molecular weight is 243 g/mol.